The van der Waals surface area contributed by atoms with E-state index in [1.165, 1.54) is 0 Å². The maximum absolute atomic E-state index is 13.1. The lowest BCUT2D eigenvalue weighted by atomic mass is 9.73. The molecule has 3 aromatic carbocycles. The Balaban J connectivity index is 1.26. The second-order valence-electron chi connectivity index (χ2n) is 12.1. The lowest BCUT2D eigenvalue weighted by Crippen LogP contribution is -2.56. The SMILES string of the molecule is C[C@]1(C2CCCCC2=O)C[C@H]2[C@H](O[C@H](COCc3ccccc3)[C@@H](OCc3ccccc3)[C@@H]2OCc2ccccc2)O1. The molecule has 1 unspecified atom stereocenters. The van der Waals surface area contributed by atoms with Crippen LogP contribution < -0.4 is 0 Å². The number of hydrogen-bond donors (Lipinski definition) is 0. The quantitative estimate of drug-likeness (QED) is 0.257. The molecule has 3 aliphatic rings. The van der Waals surface area contributed by atoms with Gasteiger partial charge in [-0.25, -0.2) is 0 Å². The minimum Gasteiger partial charge on any atom is -0.374 e. The van der Waals surface area contributed by atoms with Crippen molar-refractivity contribution in [2.75, 3.05) is 6.61 Å². The van der Waals surface area contributed by atoms with E-state index in [4.69, 9.17) is 23.7 Å². The van der Waals surface area contributed by atoms with Gasteiger partial charge >= 0.3 is 0 Å². The summed E-state index contributed by atoms with van der Waals surface area (Å²) in [6.07, 6.45) is 2.64. The molecule has 0 aromatic heterocycles. The summed E-state index contributed by atoms with van der Waals surface area (Å²) in [7, 11) is 0. The number of hydrogen-bond acceptors (Lipinski definition) is 6. The van der Waals surface area contributed by atoms with Crippen LogP contribution in [-0.2, 0) is 48.3 Å². The van der Waals surface area contributed by atoms with Crippen LogP contribution in [0, 0.1) is 11.8 Å². The fourth-order valence-corrected chi connectivity index (χ4v) is 6.88. The minimum atomic E-state index is -0.592. The second kappa shape index (κ2) is 13.6. The largest absolute Gasteiger partial charge is 0.374 e. The van der Waals surface area contributed by atoms with Crippen LogP contribution >= 0.6 is 0 Å². The summed E-state index contributed by atoms with van der Waals surface area (Å²) >= 11 is 0. The van der Waals surface area contributed by atoms with Gasteiger partial charge in [0.05, 0.1) is 38.1 Å². The number of ketones is 1. The van der Waals surface area contributed by atoms with Crippen molar-refractivity contribution in [2.45, 2.75) is 89.1 Å². The van der Waals surface area contributed by atoms with Crippen molar-refractivity contribution in [3.8, 4) is 0 Å². The van der Waals surface area contributed by atoms with E-state index in [0.717, 1.165) is 36.0 Å². The number of carbonyl (C=O) groups excluding carboxylic acids is 1. The number of ether oxygens (including phenoxy) is 5. The number of Topliss-reactive ketones (excluding diaryl/α,β-unsaturated/α-hetero) is 1. The predicted octanol–water partition coefficient (Wildman–Crippen LogP) is 6.65. The Bertz CT molecular complexity index is 1270. The highest BCUT2D eigenvalue weighted by Gasteiger charge is 2.58. The molecule has 2 heterocycles. The first-order valence-electron chi connectivity index (χ1n) is 15.4. The highest BCUT2D eigenvalue weighted by Crippen LogP contribution is 2.49. The molecule has 1 aliphatic carbocycles. The first kappa shape index (κ1) is 29.2. The van der Waals surface area contributed by atoms with E-state index >= 15 is 0 Å². The summed E-state index contributed by atoms with van der Waals surface area (Å²) in [5.41, 5.74) is 2.70. The zero-order valence-corrected chi connectivity index (χ0v) is 24.4. The van der Waals surface area contributed by atoms with Crippen LogP contribution in [0.1, 0.15) is 55.7 Å². The second-order valence-corrected chi connectivity index (χ2v) is 12.1. The first-order chi connectivity index (χ1) is 20.6. The molecule has 3 fully saturated rings. The third-order valence-corrected chi connectivity index (χ3v) is 9.05. The summed E-state index contributed by atoms with van der Waals surface area (Å²) in [6, 6.07) is 30.5. The molecule has 2 aliphatic heterocycles. The molecule has 0 spiro atoms. The van der Waals surface area contributed by atoms with Gasteiger partial charge in [-0.2, -0.15) is 0 Å². The summed E-state index contributed by atoms with van der Waals surface area (Å²) < 4.78 is 33.1. The number of benzene rings is 3. The van der Waals surface area contributed by atoms with E-state index in [-0.39, 0.29) is 24.0 Å². The molecule has 6 rings (SSSR count). The standard InChI is InChI=1S/C36H42O6/c1-36(30-19-11-12-20-31(30)37)21-29-33(39-23-27-15-7-3-8-16-27)34(40-24-28-17-9-4-10-18-28)32(41-35(29)42-36)25-38-22-26-13-5-2-6-14-26/h2-10,13-18,29-30,32-35H,11-12,19-25H2,1H3/t29-,30?,32-,33-,34-,35-,36-/m1/s1. The molecular formula is C36H42O6. The van der Waals surface area contributed by atoms with E-state index in [1.807, 2.05) is 54.6 Å². The highest BCUT2D eigenvalue weighted by atomic mass is 16.7. The molecule has 0 amide bonds. The van der Waals surface area contributed by atoms with E-state index in [0.29, 0.717) is 45.1 Å². The summed E-state index contributed by atoms with van der Waals surface area (Å²) in [5, 5.41) is 0. The van der Waals surface area contributed by atoms with Gasteiger partial charge in [0.25, 0.3) is 0 Å². The maximum Gasteiger partial charge on any atom is 0.164 e. The van der Waals surface area contributed by atoms with Gasteiger partial charge in [0.15, 0.2) is 6.29 Å². The van der Waals surface area contributed by atoms with Crippen molar-refractivity contribution in [1.29, 1.82) is 0 Å². The molecule has 7 atom stereocenters. The molecule has 2 saturated heterocycles. The Morgan fingerprint density at radius 1 is 0.762 bits per heavy atom. The lowest BCUT2D eigenvalue weighted by molar-refractivity contribution is -0.294. The number of fused-ring (bicyclic) bond motifs is 1. The zero-order valence-electron chi connectivity index (χ0n) is 24.4. The van der Waals surface area contributed by atoms with Gasteiger partial charge < -0.3 is 23.7 Å². The van der Waals surface area contributed by atoms with Crippen LogP contribution in [0.2, 0.25) is 0 Å². The van der Waals surface area contributed by atoms with E-state index in [2.05, 4.69) is 43.3 Å². The van der Waals surface area contributed by atoms with Gasteiger partial charge in [-0.3, -0.25) is 4.79 Å². The van der Waals surface area contributed by atoms with Crippen LogP contribution in [-0.4, -0.2) is 42.6 Å². The Morgan fingerprint density at radius 3 is 1.93 bits per heavy atom. The van der Waals surface area contributed by atoms with Gasteiger partial charge in [0.2, 0.25) is 0 Å². The van der Waals surface area contributed by atoms with Gasteiger partial charge in [0, 0.05) is 18.3 Å². The van der Waals surface area contributed by atoms with Crippen molar-refractivity contribution in [1.82, 2.24) is 0 Å². The average molecular weight is 571 g/mol. The van der Waals surface area contributed by atoms with Crippen molar-refractivity contribution >= 4 is 5.78 Å². The number of carbonyl (C=O) groups is 1. The maximum atomic E-state index is 13.1. The fourth-order valence-electron chi connectivity index (χ4n) is 6.88. The van der Waals surface area contributed by atoms with Crippen LogP contribution in [0.15, 0.2) is 91.0 Å². The molecule has 42 heavy (non-hydrogen) atoms. The molecule has 0 N–H and O–H groups in total. The minimum absolute atomic E-state index is 0.0698. The summed E-state index contributed by atoms with van der Waals surface area (Å²) in [5.74, 6) is 0.120. The van der Waals surface area contributed by atoms with Crippen molar-refractivity contribution in [2.24, 2.45) is 11.8 Å². The Morgan fingerprint density at radius 2 is 1.33 bits per heavy atom. The van der Waals surface area contributed by atoms with Crippen LogP contribution in [0.4, 0.5) is 0 Å². The molecule has 0 bridgehead atoms. The van der Waals surface area contributed by atoms with Crippen molar-refractivity contribution in [3.63, 3.8) is 0 Å². The van der Waals surface area contributed by atoms with Gasteiger partial charge in [-0.15, -0.1) is 0 Å². The molecule has 3 aromatic rings. The molecule has 1 saturated carbocycles. The van der Waals surface area contributed by atoms with E-state index in [1.54, 1.807) is 0 Å². The van der Waals surface area contributed by atoms with Crippen LogP contribution in [0.3, 0.4) is 0 Å². The topological polar surface area (TPSA) is 63.2 Å². The lowest BCUT2D eigenvalue weighted by Gasteiger charge is -2.43. The normalized spacial score (nSPS) is 31.1. The summed E-state index contributed by atoms with van der Waals surface area (Å²) in [4.78, 5) is 13.1. The Labute approximate surface area is 249 Å². The Hall–Kier alpha value is -2.87. The molecule has 6 heteroatoms. The Kier molecular flexibility index (Phi) is 9.47. The smallest absolute Gasteiger partial charge is 0.164 e. The van der Waals surface area contributed by atoms with Gasteiger partial charge in [0.1, 0.15) is 18.0 Å². The average Bonchev–Trinajstić information content (AvgIpc) is 3.37. The molecule has 222 valence electrons. The monoisotopic (exact) mass is 570 g/mol. The van der Waals surface area contributed by atoms with Crippen molar-refractivity contribution in [3.05, 3.63) is 108 Å². The van der Waals surface area contributed by atoms with Crippen LogP contribution in [0.25, 0.3) is 0 Å². The number of rotatable bonds is 11. The summed E-state index contributed by atoms with van der Waals surface area (Å²) in [6.45, 7) is 3.80. The van der Waals surface area contributed by atoms with Crippen LogP contribution in [0.5, 0.6) is 0 Å². The zero-order chi connectivity index (χ0) is 28.8. The molecule has 6 nitrogen and oxygen atoms in total. The predicted molar refractivity (Wildman–Crippen MR) is 159 cm³/mol. The molecular weight excluding hydrogens is 528 g/mol. The van der Waals surface area contributed by atoms with Gasteiger partial charge in [-0.05, 0) is 42.9 Å². The van der Waals surface area contributed by atoms with Crippen molar-refractivity contribution < 1.29 is 28.5 Å². The van der Waals surface area contributed by atoms with Gasteiger partial charge in [-0.1, -0.05) is 97.4 Å². The van der Waals surface area contributed by atoms with E-state index < -0.39 is 18.0 Å². The molecule has 0 radical (unpaired) electrons. The third-order valence-electron chi connectivity index (χ3n) is 9.05. The fraction of sp³-hybridized carbons (Fsp3) is 0.472. The third kappa shape index (κ3) is 6.85. The van der Waals surface area contributed by atoms with E-state index in [9.17, 15) is 4.79 Å². The first-order valence-corrected chi connectivity index (χ1v) is 15.4. The highest BCUT2D eigenvalue weighted by molar-refractivity contribution is 5.82.